The van der Waals surface area contributed by atoms with Crippen LogP contribution in [0.15, 0.2) is 29.2 Å². The Kier molecular flexibility index (Phi) is 3.97. The third kappa shape index (κ3) is 2.76. The molecule has 1 aromatic carbocycles. The van der Waals surface area contributed by atoms with Gasteiger partial charge in [-0.15, -0.1) is 0 Å². The maximum Gasteiger partial charge on any atom is 0.501 e. The Morgan fingerprint density at radius 1 is 1.20 bits per heavy atom. The summed E-state index contributed by atoms with van der Waals surface area (Å²) in [5, 5.41) is 2.83. The average Bonchev–Trinajstić information content (AvgIpc) is 2.74. The van der Waals surface area contributed by atoms with Crippen LogP contribution in [0.2, 0.25) is 0 Å². The molecule has 0 amide bonds. The Hall–Kier alpha value is -1.28. The van der Waals surface area contributed by atoms with Gasteiger partial charge in [0.1, 0.15) is 0 Å². The van der Waals surface area contributed by atoms with Gasteiger partial charge in [-0.1, -0.05) is 12.1 Å². The molecule has 0 aromatic heterocycles. The minimum absolute atomic E-state index is 0.0489. The summed E-state index contributed by atoms with van der Waals surface area (Å²) in [7, 11) is -5.37. The van der Waals surface area contributed by atoms with Gasteiger partial charge in [-0.3, -0.25) is 0 Å². The molecule has 1 aliphatic carbocycles. The summed E-state index contributed by atoms with van der Waals surface area (Å²) in [6.07, 6.45) is 2.35. The molecule has 8 heteroatoms. The van der Waals surface area contributed by atoms with Crippen molar-refractivity contribution < 1.29 is 21.6 Å². The molecule has 2 atom stereocenters. The van der Waals surface area contributed by atoms with Crippen LogP contribution in [0.1, 0.15) is 19.3 Å². The van der Waals surface area contributed by atoms with Gasteiger partial charge >= 0.3 is 5.51 Å². The smallest absolute Gasteiger partial charge is 0.380 e. The first kappa shape index (κ1) is 15.1. The Morgan fingerprint density at radius 2 is 1.85 bits per heavy atom. The van der Waals surface area contributed by atoms with E-state index in [2.05, 4.69) is 5.32 Å². The van der Waals surface area contributed by atoms with Crippen molar-refractivity contribution in [1.29, 1.82) is 0 Å². The zero-order valence-electron chi connectivity index (χ0n) is 10.5. The molecule has 3 N–H and O–H groups in total. The molecule has 0 aliphatic heterocycles. The van der Waals surface area contributed by atoms with Crippen molar-refractivity contribution in [2.24, 2.45) is 5.73 Å². The number of nitrogens with one attached hydrogen (secondary N) is 1. The molecular formula is C12H15F3N2O2S. The maximum absolute atomic E-state index is 12.6. The first-order valence-electron chi connectivity index (χ1n) is 6.16. The number of hydrogen-bond acceptors (Lipinski definition) is 4. The highest BCUT2D eigenvalue weighted by molar-refractivity contribution is 7.92. The second-order valence-corrected chi connectivity index (χ2v) is 6.70. The van der Waals surface area contributed by atoms with Crippen molar-refractivity contribution in [1.82, 2.24) is 0 Å². The van der Waals surface area contributed by atoms with Crippen molar-refractivity contribution >= 4 is 15.5 Å². The molecule has 0 spiro atoms. The van der Waals surface area contributed by atoms with E-state index in [4.69, 9.17) is 5.73 Å². The molecule has 1 aliphatic rings. The zero-order chi connectivity index (χ0) is 15.0. The van der Waals surface area contributed by atoms with Gasteiger partial charge in [-0.05, 0) is 31.4 Å². The van der Waals surface area contributed by atoms with Crippen LogP contribution in [-0.2, 0) is 9.84 Å². The predicted molar refractivity (Wildman–Crippen MR) is 68.9 cm³/mol. The van der Waals surface area contributed by atoms with Gasteiger partial charge in [0.15, 0.2) is 0 Å². The summed E-state index contributed by atoms with van der Waals surface area (Å²) < 4.78 is 61.0. The fourth-order valence-corrected chi connectivity index (χ4v) is 3.24. The van der Waals surface area contributed by atoms with Gasteiger partial charge in [0.05, 0.1) is 10.6 Å². The summed E-state index contributed by atoms with van der Waals surface area (Å²) in [5.74, 6) is 0. The SMILES string of the molecule is NC1CCCC1Nc1ccccc1S(=O)(=O)C(F)(F)F. The first-order chi connectivity index (χ1) is 9.23. The van der Waals surface area contributed by atoms with Crippen LogP contribution in [0.3, 0.4) is 0 Å². The number of nitrogens with two attached hydrogens (primary N) is 1. The van der Waals surface area contributed by atoms with Gasteiger partial charge in [-0.25, -0.2) is 8.42 Å². The van der Waals surface area contributed by atoms with E-state index in [9.17, 15) is 21.6 Å². The molecule has 0 heterocycles. The van der Waals surface area contributed by atoms with E-state index in [1.165, 1.54) is 18.2 Å². The summed E-state index contributed by atoms with van der Waals surface area (Å²) in [6.45, 7) is 0. The number of para-hydroxylation sites is 1. The minimum Gasteiger partial charge on any atom is -0.380 e. The highest BCUT2D eigenvalue weighted by atomic mass is 32.2. The van der Waals surface area contributed by atoms with E-state index in [0.717, 1.165) is 18.9 Å². The highest BCUT2D eigenvalue weighted by Gasteiger charge is 2.48. The Bertz CT molecular complexity index is 587. The standard InChI is InChI=1S/C12H15F3N2O2S/c13-12(14,15)20(18,19)11-7-2-1-5-10(11)17-9-6-3-4-8(9)16/h1-2,5,7-9,17H,3-4,6,16H2. The van der Waals surface area contributed by atoms with Crippen LogP contribution < -0.4 is 11.1 Å². The van der Waals surface area contributed by atoms with Gasteiger partial charge in [0.25, 0.3) is 9.84 Å². The quantitative estimate of drug-likeness (QED) is 0.898. The predicted octanol–water partition coefficient (Wildman–Crippen LogP) is 2.27. The average molecular weight is 308 g/mol. The van der Waals surface area contributed by atoms with Crippen LogP contribution >= 0.6 is 0 Å². The highest BCUT2D eigenvalue weighted by Crippen LogP contribution is 2.35. The van der Waals surface area contributed by atoms with Crippen molar-refractivity contribution in [3.05, 3.63) is 24.3 Å². The fourth-order valence-electron chi connectivity index (χ4n) is 2.31. The van der Waals surface area contributed by atoms with E-state index < -0.39 is 20.2 Å². The summed E-state index contributed by atoms with van der Waals surface area (Å²) in [6, 6.07) is 4.63. The number of hydrogen-bond donors (Lipinski definition) is 2. The summed E-state index contributed by atoms with van der Waals surface area (Å²) >= 11 is 0. The number of halogens is 3. The van der Waals surface area contributed by atoms with Crippen molar-refractivity contribution in [2.45, 2.75) is 41.7 Å². The van der Waals surface area contributed by atoms with Crippen molar-refractivity contribution in [2.75, 3.05) is 5.32 Å². The van der Waals surface area contributed by atoms with Gasteiger partial charge in [-0.2, -0.15) is 13.2 Å². The van der Waals surface area contributed by atoms with Crippen LogP contribution in [0.5, 0.6) is 0 Å². The molecule has 1 fully saturated rings. The lowest BCUT2D eigenvalue weighted by Crippen LogP contribution is -2.36. The lowest BCUT2D eigenvalue weighted by Gasteiger charge is -2.21. The zero-order valence-corrected chi connectivity index (χ0v) is 11.3. The second kappa shape index (κ2) is 5.25. The first-order valence-corrected chi connectivity index (χ1v) is 7.64. The van der Waals surface area contributed by atoms with E-state index in [1.807, 2.05) is 0 Å². The molecule has 0 bridgehead atoms. The lowest BCUT2D eigenvalue weighted by atomic mass is 10.2. The molecule has 0 saturated heterocycles. The molecule has 112 valence electrons. The largest absolute Gasteiger partial charge is 0.501 e. The minimum atomic E-state index is -5.37. The van der Waals surface area contributed by atoms with Gasteiger partial charge in [0.2, 0.25) is 0 Å². The molecule has 2 unspecified atom stereocenters. The van der Waals surface area contributed by atoms with Gasteiger partial charge < -0.3 is 11.1 Å². The van der Waals surface area contributed by atoms with Crippen molar-refractivity contribution in [3.63, 3.8) is 0 Å². The van der Waals surface area contributed by atoms with Crippen molar-refractivity contribution in [3.8, 4) is 0 Å². The van der Waals surface area contributed by atoms with Crippen LogP contribution in [0.25, 0.3) is 0 Å². The van der Waals surface area contributed by atoms with Crippen LogP contribution in [0.4, 0.5) is 18.9 Å². The van der Waals surface area contributed by atoms with Crippen LogP contribution in [0, 0.1) is 0 Å². The molecule has 4 nitrogen and oxygen atoms in total. The molecule has 2 rings (SSSR count). The van der Waals surface area contributed by atoms with Crippen LogP contribution in [-0.4, -0.2) is 26.0 Å². The Morgan fingerprint density at radius 3 is 2.40 bits per heavy atom. The Labute approximate surface area is 115 Å². The monoisotopic (exact) mass is 308 g/mol. The maximum atomic E-state index is 12.6. The molecule has 20 heavy (non-hydrogen) atoms. The molecule has 1 saturated carbocycles. The molecular weight excluding hydrogens is 293 g/mol. The fraction of sp³-hybridized carbons (Fsp3) is 0.500. The third-order valence-corrected chi connectivity index (χ3v) is 4.94. The van der Waals surface area contributed by atoms with E-state index in [1.54, 1.807) is 0 Å². The second-order valence-electron chi connectivity index (χ2n) is 4.79. The van der Waals surface area contributed by atoms with E-state index >= 15 is 0 Å². The Balaban J connectivity index is 2.36. The third-order valence-electron chi connectivity index (χ3n) is 3.39. The topological polar surface area (TPSA) is 72.2 Å². The molecule has 1 aromatic rings. The van der Waals surface area contributed by atoms with E-state index in [-0.39, 0.29) is 17.8 Å². The van der Waals surface area contributed by atoms with E-state index in [0.29, 0.717) is 6.42 Å². The number of benzene rings is 1. The lowest BCUT2D eigenvalue weighted by molar-refractivity contribution is -0.0435. The summed E-state index contributed by atoms with van der Waals surface area (Å²) in [5.41, 5.74) is 0.472. The van der Waals surface area contributed by atoms with Gasteiger partial charge in [0, 0.05) is 12.1 Å². The normalized spacial score (nSPS) is 23.8. The summed E-state index contributed by atoms with van der Waals surface area (Å²) in [4.78, 5) is -0.758. The number of alkyl halides is 3. The number of rotatable bonds is 3. The number of sulfone groups is 1. The molecule has 0 radical (unpaired) electrons. The number of anilines is 1.